The minimum Gasteiger partial charge on any atom is -0.352 e. The van der Waals surface area contributed by atoms with Crippen molar-refractivity contribution in [3.05, 3.63) is 70.7 Å². The molecule has 158 valence electrons. The Morgan fingerprint density at radius 1 is 0.900 bits per heavy atom. The Labute approximate surface area is 181 Å². The molecule has 2 N–H and O–H groups in total. The number of nitrogens with zero attached hydrogens (tertiary/aromatic N) is 1. The third kappa shape index (κ3) is 6.32. The molecule has 3 amide bonds. The minimum atomic E-state index is -0.172. The van der Waals surface area contributed by atoms with Crippen molar-refractivity contribution in [2.75, 3.05) is 19.6 Å². The molecule has 1 heterocycles. The molecule has 1 saturated heterocycles. The number of piperidine rings is 1. The van der Waals surface area contributed by atoms with Crippen molar-refractivity contribution >= 4 is 29.3 Å². The molecule has 0 aliphatic carbocycles. The summed E-state index contributed by atoms with van der Waals surface area (Å²) in [6.07, 6.45) is 2.47. The molecule has 7 heteroatoms. The van der Waals surface area contributed by atoms with E-state index in [-0.39, 0.29) is 23.8 Å². The fourth-order valence-corrected chi connectivity index (χ4v) is 3.56. The van der Waals surface area contributed by atoms with Gasteiger partial charge in [-0.3, -0.25) is 14.4 Å². The minimum absolute atomic E-state index is 0.0724. The number of halogens is 1. The van der Waals surface area contributed by atoms with Gasteiger partial charge in [-0.15, -0.1) is 0 Å². The van der Waals surface area contributed by atoms with E-state index in [9.17, 15) is 14.4 Å². The van der Waals surface area contributed by atoms with Crippen molar-refractivity contribution < 1.29 is 14.4 Å². The van der Waals surface area contributed by atoms with Crippen LogP contribution in [0.4, 0.5) is 0 Å². The monoisotopic (exact) mass is 427 g/mol. The maximum Gasteiger partial charge on any atom is 0.251 e. The molecule has 0 atom stereocenters. The summed E-state index contributed by atoms with van der Waals surface area (Å²) < 4.78 is 0. The molecule has 0 bridgehead atoms. The fourth-order valence-electron chi connectivity index (χ4n) is 3.43. The van der Waals surface area contributed by atoms with Crippen LogP contribution in [0.3, 0.4) is 0 Å². The van der Waals surface area contributed by atoms with Gasteiger partial charge in [-0.25, -0.2) is 0 Å². The molecular formula is C23H26ClN3O3. The van der Waals surface area contributed by atoms with E-state index in [0.29, 0.717) is 48.6 Å². The lowest BCUT2D eigenvalue weighted by Gasteiger charge is -2.32. The standard InChI is InChI=1S/C23H26ClN3O3/c24-19-10-8-18(9-11-19)22(29)25-14-4-7-21(28)27-15-12-20(13-16-27)26-23(30)17-5-2-1-3-6-17/h1-3,5-6,8-11,20H,4,7,12-16H2,(H,25,29)(H,26,30). The number of likely N-dealkylation sites (tertiary alicyclic amines) is 1. The molecule has 1 fully saturated rings. The predicted molar refractivity (Wildman–Crippen MR) is 117 cm³/mol. The number of rotatable bonds is 7. The van der Waals surface area contributed by atoms with E-state index >= 15 is 0 Å². The average Bonchev–Trinajstić information content (AvgIpc) is 2.78. The first kappa shape index (κ1) is 21.8. The van der Waals surface area contributed by atoms with Gasteiger partial charge >= 0.3 is 0 Å². The van der Waals surface area contributed by atoms with Gasteiger partial charge in [-0.1, -0.05) is 29.8 Å². The van der Waals surface area contributed by atoms with Crippen LogP contribution in [0.2, 0.25) is 5.02 Å². The van der Waals surface area contributed by atoms with E-state index in [1.165, 1.54) is 0 Å². The van der Waals surface area contributed by atoms with Gasteiger partial charge in [0.1, 0.15) is 0 Å². The Balaban J connectivity index is 1.33. The number of benzene rings is 2. The van der Waals surface area contributed by atoms with Crippen LogP contribution in [-0.2, 0) is 4.79 Å². The summed E-state index contributed by atoms with van der Waals surface area (Å²) in [5.41, 5.74) is 1.20. The molecule has 0 saturated carbocycles. The summed E-state index contributed by atoms with van der Waals surface area (Å²) in [4.78, 5) is 38.5. The number of amides is 3. The van der Waals surface area contributed by atoms with E-state index in [1.807, 2.05) is 23.1 Å². The lowest BCUT2D eigenvalue weighted by atomic mass is 10.0. The van der Waals surface area contributed by atoms with Gasteiger partial charge in [-0.2, -0.15) is 0 Å². The van der Waals surface area contributed by atoms with Gasteiger partial charge in [0.2, 0.25) is 5.91 Å². The second-order valence-corrected chi connectivity index (χ2v) is 7.80. The highest BCUT2D eigenvalue weighted by Crippen LogP contribution is 2.13. The van der Waals surface area contributed by atoms with Crippen molar-refractivity contribution in [1.82, 2.24) is 15.5 Å². The van der Waals surface area contributed by atoms with Gasteiger partial charge in [-0.05, 0) is 55.7 Å². The maximum atomic E-state index is 12.4. The first-order valence-corrected chi connectivity index (χ1v) is 10.6. The van der Waals surface area contributed by atoms with E-state index in [1.54, 1.807) is 36.4 Å². The average molecular weight is 428 g/mol. The molecule has 1 aliphatic rings. The molecular weight excluding hydrogens is 402 g/mol. The molecule has 1 aliphatic heterocycles. The topological polar surface area (TPSA) is 78.5 Å². The van der Waals surface area contributed by atoms with Crippen LogP contribution in [-0.4, -0.2) is 48.3 Å². The van der Waals surface area contributed by atoms with Crippen LogP contribution >= 0.6 is 11.6 Å². The largest absolute Gasteiger partial charge is 0.352 e. The summed E-state index contributed by atoms with van der Waals surface area (Å²) >= 11 is 5.82. The van der Waals surface area contributed by atoms with Crippen molar-refractivity contribution in [2.24, 2.45) is 0 Å². The van der Waals surface area contributed by atoms with Gasteiger partial charge in [0.05, 0.1) is 0 Å². The molecule has 2 aromatic rings. The van der Waals surface area contributed by atoms with Crippen LogP contribution in [0.15, 0.2) is 54.6 Å². The molecule has 0 aromatic heterocycles. The number of hydrogen-bond acceptors (Lipinski definition) is 3. The molecule has 3 rings (SSSR count). The Hall–Kier alpha value is -2.86. The van der Waals surface area contributed by atoms with Crippen LogP contribution in [0.5, 0.6) is 0 Å². The Bertz CT molecular complexity index is 863. The zero-order valence-corrected chi connectivity index (χ0v) is 17.5. The highest BCUT2D eigenvalue weighted by Gasteiger charge is 2.23. The van der Waals surface area contributed by atoms with Crippen molar-refractivity contribution in [3.63, 3.8) is 0 Å². The van der Waals surface area contributed by atoms with Gasteiger partial charge < -0.3 is 15.5 Å². The van der Waals surface area contributed by atoms with Gasteiger partial charge in [0.15, 0.2) is 0 Å². The number of hydrogen-bond donors (Lipinski definition) is 2. The van der Waals surface area contributed by atoms with Crippen molar-refractivity contribution in [2.45, 2.75) is 31.7 Å². The normalized spacial score (nSPS) is 14.2. The summed E-state index contributed by atoms with van der Waals surface area (Å²) in [7, 11) is 0. The first-order chi connectivity index (χ1) is 14.5. The first-order valence-electron chi connectivity index (χ1n) is 10.2. The van der Waals surface area contributed by atoms with Crippen LogP contribution in [0.1, 0.15) is 46.4 Å². The second-order valence-electron chi connectivity index (χ2n) is 7.36. The third-order valence-electron chi connectivity index (χ3n) is 5.18. The Kier molecular flexibility index (Phi) is 7.85. The van der Waals surface area contributed by atoms with Crippen molar-refractivity contribution in [3.8, 4) is 0 Å². The van der Waals surface area contributed by atoms with E-state index in [4.69, 9.17) is 11.6 Å². The van der Waals surface area contributed by atoms with Crippen LogP contribution in [0, 0.1) is 0 Å². The van der Waals surface area contributed by atoms with Crippen LogP contribution < -0.4 is 10.6 Å². The Morgan fingerprint density at radius 2 is 1.53 bits per heavy atom. The predicted octanol–water partition coefficient (Wildman–Crippen LogP) is 3.27. The smallest absolute Gasteiger partial charge is 0.251 e. The lowest BCUT2D eigenvalue weighted by Crippen LogP contribution is -2.46. The van der Waals surface area contributed by atoms with E-state index in [2.05, 4.69) is 10.6 Å². The van der Waals surface area contributed by atoms with Gasteiger partial charge in [0, 0.05) is 48.2 Å². The lowest BCUT2D eigenvalue weighted by molar-refractivity contribution is -0.132. The highest BCUT2D eigenvalue weighted by atomic mass is 35.5. The van der Waals surface area contributed by atoms with Crippen molar-refractivity contribution in [1.29, 1.82) is 0 Å². The molecule has 0 spiro atoms. The quantitative estimate of drug-likeness (QED) is 0.665. The summed E-state index contributed by atoms with van der Waals surface area (Å²) in [5, 5.41) is 6.45. The molecule has 6 nitrogen and oxygen atoms in total. The highest BCUT2D eigenvalue weighted by molar-refractivity contribution is 6.30. The molecule has 30 heavy (non-hydrogen) atoms. The molecule has 0 unspecified atom stereocenters. The third-order valence-corrected chi connectivity index (χ3v) is 5.43. The number of nitrogens with one attached hydrogen (secondary N) is 2. The second kappa shape index (κ2) is 10.8. The van der Waals surface area contributed by atoms with E-state index < -0.39 is 0 Å². The van der Waals surface area contributed by atoms with Crippen LogP contribution in [0.25, 0.3) is 0 Å². The Morgan fingerprint density at radius 3 is 2.20 bits per heavy atom. The maximum absolute atomic E-state index is 12.4. The zero-order chi connectivity index (χ0) is 21.3. The summed E-state index contributed by atoms with van der Waals surface area (Å²) in [6, 6.07) is 15.9. The SMILES string of the molecule is O=C(NCCCC(=O)N1CCC(NC(=O)c2ccccc2)CC1)c1ccc(Cl)cc1. The van der Waals surface area contributed by atoms with E-state index in [0.717, 1.165) is 12.8 Å². The van der Waals surface area contributed by atoms with Gasteiger partial charge in [0.25, 0.3) is 11.8 Å². The summed E-state index contributed by atoms with van der Waals surface area (Å²) in [5.74, 6) is -0.158. The number of carbonyl (C=O) groups excluding carboxylic acids is 3. The molecule has 0 radical (unpaired) electrons. The number of carbonyl (C=O) groups is 3. The zero-order valence-electron chi connectivity index (χ0n) is 16.8. The summed E-state index contributed by atoms with van der Waals surface area (Å²) in [6.45, 7) is 1.71. The fraction of sp³-hybridized carbons (Fsp3) is 0.348. The molecule has 2 aromatic carbocycles.